The van der Waals surface area contributed by atoms with Gasteiger partial charge in [-0.1, -0.05) is 24.3 Å². The van der Waals surface area contributed by atoms with E-state index in [4.69, 9.17) is 72.2 Å². The number of amides is 3. The third-order valence-electron chi connectivity index (χ3n) is 6.78. The van der Waals surface area contributed by atoms with Crippen molar-refractivity contribution in [3.05, 3.63) is 53.6 Å². The molecule has 0 saturated carbocycles. The standard InChI is InChI=1S/C38H57N3O18/c42-7-10-48-13-16-51-19-22-54-28-39-36(45)57-33-5-3-31(4-6-33)1-2-32-25-34(58-37(46)40-29-55-23-20-52-17-14-49-11-8-43)27-35(26-32)59-38(47)41-30-56-24-21-53-18-15-50-12-9-44/h1-6,25-27,42-44H,7-24,28-30H2,(H,39,45)(H,40,46)(H,41,47)/b2-1+. The predicted molar refractivity (Wildman–Crippen MR) is 208 cm³/mol. The number of ether oxygens (including phenoxy) is 12. The Morgan fingerprint density at radius 3 is 1.05 bits per heavy atom. The highest BCUT2D eigenvalue weighted by atomic mass is 16.6. The van der Waals surface area contributed by atoms with Crippen molar-refractivity contribution in [3.8, 4) is 17.2 Å². The predicted octanol–water partition coefficient (Wildman–Crippen LogP) is 1.12. The number of benzene rings is 2. The molecule has 0 aromatic heterocycles. The van der Waals surface area contributed by atoms with Crippen molar-refractivity contribution < 1.29 is 86.5 Å². The highest BCUT2D eigenvalue weighted by Crippen LogP contribution is 2.25. The zero-order chi connectivity index (χ0) is 42.4. The van der Waals surface area contributed by atoms with E-state index in [2.05, 4.69) is 16.0 Å². The molecule has 2 rings (SSSR count). The van der Waals surface area contributed by atoms with Gasteiger partial charge in [-0.05, 0) is 35.4 Å². The third-order valence-corrected chi connectivity index (χ3v) is 6.78. The van der Waals surface area contributed by atoms with Gasteiger partial charge in [-0.15, -0.1) is 0 Å². The van der Waals surface area contributed by atoms with Crippen LogP contribution in [0.3, 0.4) is 0 Å². The maximum Gasteiger partial charge on any atom is 0.414 e. The van der Waals surface area contributed by atoms with Crippen molar-refractivity contribution in [2.45, 2.75) is 0 Å². The Labute approximate surface area is 342 Å². The molecular weight excluding hydrogens is 786 g/mol. The van der Waals surface area contributed by atoms with E-state index in [-0.39, 0.29) is 110 Å². The molecule has 0 heterocycles. The molecule has 0 fully saturated rings. The van der Waals surface area contributed by atoms with E-state index < -0.39 is 18.3 Å². The molecule has 6 N–H and O–H groups in total. The van der Waals surface area contributed by atoms with Crippen LogP contribution < -0.4 is 30.2 Å². The van der Waals surface area contributed by atoms with Crippen LogP contribution in [0.15, 0.2) is 42.5 Å². The molecule has 2 aromatic rings. The van der Waals surface area contributed by atoms with Gasteiger partial charge in [0.05, 0.1) is 119 Å². The fraction of sp³-hybridized carbons (Fsp3) is 0.553. The van der Waals surface area contributed by atoms with Gasteiger partial charge < -0.3 is 72.2 Å². The van der Waals surface area contributed by atoms with E-state index in [9.17, 15) is 14.4 Å². The number of aliphatic hydroxyl groups is 3. The van der Waals surface area contributed by atoms with Gasteiger partial charge in [-0.2, -0.15) is 0 Å². The summed E-state index contributed by atoms with van der Waals surface area (Å²) in [6.07, 6.45) is 1.07. The summed E-state index contributed by atoms with van der Waals surface area (Å²) in [5.74, 6) is 0.407. The first-order valence-corrected chi connectivity index (χ1v) is 18.8. The molecule has 0 unspecified atom stereocenters. The van der Waals surface area contributed by atoms with Crippen LogP contribution in [-0.4, -0.2) is 173 Å². The summed E-state index contributed by atoms with van der Waals surface area (Å²) < 4.78 is 63.3. The third kappa shape index (κ3) is 28.6. The largest absolute Gasteiger partial charge is 0.414 e. The Hall–Kier alpha value is -4.49. The van der Waals surface area contributed by atoms with E-state index in [0.29, 0.717) is 51.8 Å². The minimum Gasteiger partial charge on any atom is -0.410 e. The molecule has 0 radical (unpaired) electrons. The lowest BCUT2D eigenvalue weighted by Gasteiger charge is -2.11. The average molecular weight is 844 g/mol. The second-order valence-electron chi connectivity index (χ2n) is 11.3. The average Bonchev–Trinajstić information content (AvgIpc) is 3.22. The molecule has 21 nitrogen and oxygen atoms in total. The van der Waals surface area contributed by atoms with Gasteiger partial charge >= 0.3 is 18.3 Å². The monoisotopic (exact) mass is 843 g/mol. The van der Waals surface area contributed by atoms with E-state index in [1.807, 2.05) is 0 Å². The van der Waals surface area contributed by atoms with Crippen molar-refractivity contribution in [3.63, 3.8) is 0 Å². The quantitative estimate of drug-likeness (QED) is 0.0323. The zero-order valence-electron chi connectivity index (χ0n) is 33.0. The van der Waals surface area contributed by atoms with Crippen molar-refractivity contribution in [2.75, 3.05) is 139 Å². The second kappa shape index (κ2) is 35.5. The topological polar surface area (TPSA) is 259 Å². The highest BCUT2D eigenvalue weighted by molar-refractivity contribution is 5.76. The van der Waals surface area contributed by atoms with Crippen LogP contribution in [-0.2, 0) is 42.6 Å². The lowest BCUT2D eigenvalue weighted by molar-refractivity contribution is 0.00539. The fourth-order valence-electron chi connectivity index (χ4n) is 4.14. The van der Waals surface area contributed by atoms with Gasteiger partial charge in [0, 0.05) is 6.07 Å². The molecule has 0 bridgehead atoms. The second-order valence-corrected chi connectivity index (χ2v) is 11.3. The Morgan fingerprint density at radius 2 is 0.695 bits per heavy atom. The first-order chi connectivity index (χ1) is 28.9. The maximum atomic E-state index is 12.5. The lowest BCUT2D eigenvalue weighted by Crippen LogP contribution is -2.30. The molecule has 0 aliphatic carbocycles. The minimum absolute atomic E-state index is 0.0478. The molecule has 0 saturated heterocycles. The van der Waals surface area contributed by atoms with Gasteiger partial charge in [0.1, 0.15) is 37.4 Å². The van der Waals surface area contributed by atoms with E-state index in [1.165, 1.54) is 6.07 Å². The van der Waals surface area contributed by atoms with Crippen molar-refractivity contribution in [1.82, 2.24) is 16.0 Å². The smallest absolute Gasteiger partial charge is 0.410 e. The first kappa shape index (κ1) is 50.7. The Bertz CT molecular complexity index is 1360. The molecule has 0 atom stereocenters. The van der Waals surface area contributed by atoms with Gasteiger partial charge in [-0.3, -0.25) is 16.0 Å². The van der Waals surface area contributed by atoms with E-state index in [1.54, 1.807) is 48.6 Å². The molecule has 0 spiro atoms. The zero-order valence-corrected chi connectivity index (χ0v) is 33.0. The molecule has 0 aliphatic rings. The Morgan fingerprint density at radius 1 is 0.390 bits per heavy atom. The maximum absolute atomic E-state index is 12.5. The number of rotatable bonds is 35. The minimum atomic E-state index is -0.826. The molecule has 21 heteroatoms. The molecule has 0 aliphatic heterocycles. The van der Waals surface area contributed by atoms with Crippen LogP contribution in [0.25, 0.3) is 12.2 Å². The van der Waals surface area contributed by atoms with Crippen molar-refractivity contribution >= 4 is 30.4 Å². The molecule has 59 heavy (non-hydrogen) atoms. The first-order valence-electron chi connectivity index (χ1n) is 18.8. The summed E-state index contributed by atoms with van der Waals surface area (Å²) >= 11 is 0. The van der Waals surface area contributed by atoms with Gasteiger partial charge in [0.25, 0.3) is 0 Å². The summed E-state index contributed by atoms with van der Waals surface area (Å²) in [5.41, 5.74) is 1.23. The van der Waals surface area contributed by atoms with Crippen LogP contribution >= 0.6 is 0 Å². The number of carbonyl (C=O) groups excluding carboxylic acids is 3. The summed E-state index contributed by atoms with van der Waals surface area (Å²) in [4.78, 5) is 37.2. The molecule has 332 valence electrons. The van der Waals surface area contributed by atoms with Crippen LogP contribution in [0.4, 0.5) is 14.4 Å². The fourth-order valence-corrected chi connectivity index (χ4v) is 4.14. The lowest BCUT2D eigenvalue weighted by atomic mass is 10.1. The summed E-state index contributed by atoms with van der Waals surface area (Å²) in [7, 11) is 0. The van der Waals surface area contributed by atoms with Crippen molar-refractivity contribution in [1.29, 1.82) is 0 Å². The summed E-state index contributed by atoms with van der Waals surface area (Å²) in [6.45, 7) is 3.67. The van der Waals surface area contributed by atoms with Crippen molar-refractivity contribution in [2.24, 2.45) is 0 Å². The Balaban J connectivity index is 1.88. The Kier molecular flexibility index (Phi) is 30.4. The summed E-state index contributed by atoms with van der Waals surface area (Å²) in [6, 6.07) is 11.1. The number of hydrogen-bond donors (Lipinski definition) is 6. The highest BCUT2D eigenvalue weighted by Gasteiger charge is 2.11. The number of carbonyl (C=O) groups is 3. The van der Waals surface area contributed by atoms with Crippen LogP contribution in [0.1, 0.15) is 11.1 Å². The van der Waals surface area contributed by atoms with Gasteiger partial charge in [0.15, 0.2) is 0 Å². The molecular formula is C38H57N3O18. The number of hydrogen-bond acceptors (Lipinski definition) is 18. The van der Waals surface area contributed by atoms with Gasteiger partial charge in [-0.25, -0.2) is 14.4 Å². The van der Waals surface area contributed by atoms with E-state index >= 15 is 0 Å². The normalized spacial score (nSPS) is 11.1. The van der Waals surface area contributed by atoms with Crippen LogP contribution in [0, 0.1) is 0 Å². The molecule has 3 amide bonds. The van der Waals surface area contributed by atoms with E-state index in [0.717, 1.165) is 5.56 Å². The SMILES string of the molecule is O=C(NCOCCOCCOCCO)Oc1ccc(/C=C/c2cc(OC(=O)NCOCCOCCOCCO)cc(OC(=O)NCOCCOCCOCCO)c2)cc1. The van der Waals surface area contributed by atoms with Crippen LogP contribution in [0.2, 0.25) is 0 Å². The number of nitrogens with one attached hydrogen (secondary N) is 3. The summed E-state index contributed by atoms with van der Waals surface area (Å²) in [5, 5.41) is 33.4. The van der Waals surface area contributed by atoms with Gasteiger partial charge in [0.2, 0.25) is 0 Å². The number of aliphatic hydroxyl groups excluding tert-OH is 3. The molecule has 2 aromatic carbocycles. The van der Waals surface area contributed by atoms with Crippen LogP contribution in [0.5, 0.6) is 17.2 Å².